The molecule has 1 fully saturated rings. The summed E-state index contributed by atoms with van der Waals surface area (Å²) in [5.41, 5.74) is 5.82. The van der Waals surface area contributed by atoms with Gasteiger partial charge in [0.2, 0.25) is 0 Å². The van der Waals surface area contributed by atoms with Crippen LogP contribution >= 0.6 is 0 Å². The molecule has 0 spiro atoms. The smallest absolute Gasteiger partial charge is 0.0132 e. The van der Waals surface area contributed by atoms with Crippen LogP contribution in [0.2, 0.25) is 0 Å². The van der Waals surface area contributed by atoms with Gasteiger partial charge in [0.1, 0.15) is 0 Å². The molecule has 2 nitrogen and oxygen atoms in total. The number of rotatable bonds is 8. The average Bonchev–Trinajstić information content (AvgIpc) is 2.76. The van der Waals surface area contributed by atoms with E-state index < -0.39 is 0 Å². The standard InChI is InChI=1S/C14H28N2/c1-3-4-5-6-7-11-16(2)14-10-8-9-13(14)12-15/h3,13-14H,1,4-12,15H2,2H3. The van der Waals surface area contributed by atoms with Crippen LogP contribution < -0.4 is 5.73 Å². The van der Waals surface area contributed by atoms with Crippen molar-refractivity contribution in [3.05, 3.63) is 12.7 Å². The fourth-order valence-corrected chi connectivity index (χ4v) is 2.86. The molecule has 0 amide bonds. The van der Waals surface area contributed by atoms with E-state index in [9.17, 15) is 0 Å². The van der Waals surface area contributed by atoms with Crippen molar-refractivity contribution in [3.63, 3.8) is 0 Å². The molecule has 0 aromatic heterocycles. The Balaban J connectivity index is 2.13. The van der Waals surface area contributed by atoms with Crippen molar-refractivity contribution in [3.8, 4) is 0 Å². The maximum atomic E-state index is 5.82. The topological polar surface area (TPSA) is 29.3 Å². The second-order valence-corrected chi connectivity index (χ2v) is 5.11. The van der Waals surface area contributed by atoms with Crippen LogP contribution in [-0.4, -0.2) is 31.1 Å². The van der Waals surface area contributed by atoms with Crippen LogP contribution in [0.4, 0.5) is 0 Å². The van der Waals surface area contributed by atoms with E-state index in [2.05, 4.69) is 18.5 Å². The summed E-state index contributed by atoms with van der Waals surface area (Å²) in [6.45, 7) is 5.85. The van der Waals surface area contributed by atoms with Crippen LogP contribution in [0.15, 0.2) is 12.7 Å². The third kappa shape index (κ3) is 4.26. The summed E-state index contributed by atoms with van der Waals surface area (Å²) >= 11 is 0. The van der Waals surface area contributed by atoms with Gasteiger partial charge in [0.15, 0.2) is 0 Å². The summed E-state index contributed by atoms with van der Waals surface area (Å²) in [6, 6.07) is 0.754. The summed E-state index contributed by atoms with van der Waals surface area (Å²) < 4.78 is 0. The molecule has 2 unspecified atom stereocenters. The summed E-state index contributed by atoms with van der Waals surface area (Å²) in [7, 11) is 2.27. The van der Waals surface area contributed by atoms with E-state index in [0.29, 0.717) is 0 Å². The Morgan fingerprint density at radius 1 is 1.31 bits per heavy atom. The molecule has 0 aromatic rings. The monoisotopic (exact) mass is 224 g/mol. The zero-order valence-corrected chi connectivity index (χ0v) is 10.8. The van der Waals surface area contributed by atoms with Crippen molar-refractivity contribution in [1.29, 1.82) is 0 Å². The first-order chi connectivity index (χ1) is 7.79. The van der Waals surface area contributed by atoms with E-state index in [1.165, 1.54) is 51.5 Å². The average molecular weight is 224 g/mol. The van der Waals surface area contributed by atoms with Gasteiger partial charge < -0.3 is 10.6 Å². The molecule has 1 aliphatic carbocycles. The lowest BCUT2D eigenvalue weighted by atomic mass is 10.0. The minimum Gasteiger partial charge on any atom is -0.330 e. The molecule has 1 saturated carbocycles. The third-order valence-electron chi connectivity index (χ3n) is 3.91. The lowest BCUT2D eigenvalue weighted by Gasteiger charge is -2.29. The second kappa shape index (κ2) is 7.86. The van der Waals surface area contributed by atoms with E-state index in [1.807, 2.05) is 6.08 Å². The molecule has 2 heteroatoms. The molecule has 2 atom stereocenters. The van der Waals surface area contributed by atoms with E-state index >= 15 is 0 Å². The zero-order valence-electron chi connectivity index (χ0n) is 10.8. The zero-order chi connectivity index (χ0) is 11.8. The maximum absolute atomic E-state index is 5.82. The minimum absolute atomic E-state index is 0.748. The van der Waals surface area contributed by atoms with Gasteiger partial charge >= 0.3 is 0 Å². The van der Waals surface area contributed by atoms with Crippen LogP contribution in [0.25, 0.3) is 0 Å². The normalized spacial score (nSPS) is 25.2. The Bertz CT molecular complexity index is 191. The largest absolute Gasteiger partial charge is 0.330 e. The molecule has 94 valence electrons. The first kappa shape index (κ1) is 13.7. The van der Waals surface area contributed by atoms with Gasteiger partial charge in [0.05, 0.1) is 0 Å². The quantitative estimate of drug-likeness (QED) is 0.507. The molecule has 0 radical (unpaired) electrons. The summed E-state index contributed by atoms with van der Waals surface area (Å²) in [5.74, 6) is 0.748. The van der Waals surface area contributed by atoms with Gasteiger partial charge in [-0.1, -0.05) is 18.9 Å². The SMILES string of the molecule is C=CCCCCCN(C)C1CCCC1CN. The molecular weight excluding hydrogens is 196 g/mol. The van der Waals surface area contributed by atoms with Gasteiger partial charge in [0, 0.05) is 6.04 Å². The van der Waals surface area contributed by atoms with Crippen molar-refractivity contribution in [2.45, 2.75) is 51.0 Å². The maximum Gasteiger partial charge on any atom is 0.0132 e. The van der Waals surface area contributed by atoms with Gasteiger partial charge in [-0.25, -0.2) is 0 Å². The molecule has 0 bridgehead atoms. The van der Waals surface area contributed by atoms with Crippen LogP contribution in [0.5, 0.6) is 0 Å². The van der Waals surface area contributed by atoms with Crippen molar-refractivity contribution in [2.24, 2.45) is 11.7 Å². The van der Waals surface area contributed by atoms with E-state index in [-0.39, 0.29) is 0 Å². The van der Waals surface area contributed by atoms with Crippen LogP contribution in [-0.2, 0) is 0 Å². The number of hydrogen-bond acceptors (Lipinski definition) is 2. The molecule has 0 aliphatic heterocycles. The lowest BCUT2D eigenvalue weighted by molar-refractivity contribution is 0.197. The Labute approximate surface area is 101 Å². The predicted molar refractivity (Wildman–Crippen MR) is 71.5 cm³/mol. The number of allylic oxidation sites excluding steroid dienone is 1. The first-order valence-corrected chi connectivity index (χ1v) is 6.80. The highest BCUT2D eigenvalue weighted by atomic mass is 15.1. The molecule has 16 heavy (non-hydrogen) atoms. The molecule has 0 aromatic carbocycles. The Morgan fingerprint density at radius 2 is 2.12 bits per heavy atom. The van der Waals surface area contributed by atoms with E-state index in [0.717, 1.165) is 18.5 Å². The fourth-order valence-electron chi connectivity index (χ4n) is 2.86. The highest BCUT2D eigenvalue weighted by Gasteiger charge is 2.28. The van der Waals surface area contributed by atoms with Crippen molar-refractivity contribution in [1.82, 2.24) is 4.90 Å². The number of nitrogens with zero attached hydrogens (tertiary/aromatic N) is 1. The highest BCUT2D eigenvalue weighted by Crippen LogP contribution is 2.28. The molecule has 0 saturated heterocycles. The Hall–Kier alpha value is -0.340. The van der Waals surface area contributed by atoms with Gasteiger partial charge in [0.25, 0.3) is 0 Å². The number of nitrogens with two attached hydrogens (primary N) is 1. The molecule has 0 heterocycles. The fraction of sp³-hybridized carbons (Fsp3) is 0.857. The minimum atomic E-state index is 0.748. The number of hydrogen-bond donors (Lipinski definition) is 1. The first-order valence-electron chi connectivity index (χ1n) is 6.80. The lowest BCUT2D eigenvalue weighted by Crippen LogP contribution is -2.38. The van der Waals surface area contributed by atoms with Crippen molar-refractivity contribution < 1.29 is 0 Å². The Kier molecular flexibility index (Phi) is 6.74. The summed E-state index contributed by atoms with van der Waals surface area (Å²) in [5, 5.41) is 0. The molecule has 2 N–H and O–H groups in total. The van der Waals surface area contributed by atoms with Gasteiger partial charge in [-0.05, 0) is 58.2 Å². The summed E-state index contributed by atoms with van der Waals surface area (Å²) in [6.07, 6.45) is 11.2. The van der Waals surface area contributed by atoms with Crippen LogP contribution in [0, 0.1) is 5.92 Å². The van der Waals surface area contributed by atoms with E-state index in [4.69, 9.17) is 5.73 Å². The molecule has 1 aliphatic rings. The van der Waals surface area contributed by atoms with Gasteiger partial charge in [-0.2, -0.15) is 0 Å². The highest BCUT2D eigenvalue weighted by molar-refractivity contribution is 4.84. The van der Waals surface area contributed by atoms with E-state index in [1.54, 1.807) is 0 Å². The van der Waals surface area contributed by atoms with Crippen LogP contribution in [0.3, 0.4) is 0 Å². The summed E-state index contributed by atoms with van der Waals surface area (Å²) in [4.78, 5) is 2.54. The van der Waals surface area contributed by atoms with Gasteiger partial charge in [-0.15, -0.1) is 6.58 Å². The third-order valence-corrected chi connectivity index (χ3v) is 3.91. The predicted octanol–water partition coefficient (Wildman–Crippen LogP) is 2.79. The number of unbranched alkanes of at least 4 members (excludes halogenated alkanes) is 3. The van der Waals surface area contributed by atoms with Crippen LogP contribution in [0.1, 0.15) is 44.9 Å². The molecular formula is C14H28N2. The van der Waals surface area contributed by atoms with Gasteiger partial charge in [-0.3, -0.25) is 0 Å². The van der Waals surface area contributed by atoms with Crippen molar-refractivity contribution >= 4 is 0 Å². The van der Waals surface area contributed by atoms with Crippen molar-refractivity contribution in [2.75, 3.05) is 20.1 Å². The second-order valence-electron chi connectivity index (χ2n) is 5.11. The Morgan fingerprint density at radius 3 is 2.81 bits per heavy atom. The molecule has 1 rings (SSSR count).